The molecule has 0 radical (unpaired) electrons. The average molecular weight is 387 g/mol. The Morgan fingerprint density at radius 1 is 0.962 bits per heavy atom. The fourth-order valence-electron chi connectivity index (χ4n) is 3.50. The van der Waals surface area contributed by atoms with Gasteiger partial charge in [0.05, 0.1) is 6.61 Å². The smallest absolute Gasteiger partial charge is 0.333 e. The predicted molar refractivity (Wildman–Crippen MR) is 103 cm³/mol. The molecule has 0 aliphatic carbocycles. The van der Waals surface area contributed by atoms with Gasteiger partial charge in [0.15, 0.2) is 0 Å². The summed E-state index contributed by atoms with van der Waals surface area (Å²) in [5.41, 5.74) is 1.07. The summed E-state index contributed by atoms with van der Waals surface area (Å²) in [6.07, 6.45) is 2.20. The Kier molecular flexibility index (Phi) is 10.5. The number of aliphatic carboxylic acids is 1. The molecule has 0 spiro atoms. The molecule has 6 nitrogen and oxygen atoms in total. The molecule has 150 valence electrons. The second kappa shape index (κ2) is 11.2. The summed E-state index contributed by atoms with van der Waals surface area (Å²) in [6.45, 7) is 14.3. The van der Waals surface area contributed by atoms with Crippen LogP contribution in [0, 0.1) is 0 Å². The Balaban J connectivity index is 4.43. The lowest BCUT2D eigenvalue weighted by molar-refractivity contribution is -0.140. The second-order valence-corrected chi connectivity index (χ2v) is 12.9. The minimum Gasteiger partial charge on any atom is -0.518 e. The minimum atomic E-state index is -2.21. The van der Waals surface area contributed by atoms with Crippen molar-refractivity contribution in [2.75, 3.05) is 6.61 Å². The fourth-order valence-corrected chi connectivity index (χ4v) is 8.70. The van der Waals surface area contributed by atoms with Gasteiger partial charge in [0.25, 0.3) is 14.3 Å². The summed E-state index contributed by atoms with van der Waals surface area (Å²) in [4.78, 5) is 34.4. The number of unbranched alkanes of at least 4 members (excludes halogenated alkanes) is 1. The van der Waals surface area contributed by atoms with Gasteiger partial charge in [-0.2, -0.15) is 0 Å². The topological polar surface area (TPSA) is 89.9 Å². The van der Waals surface area contributed by atoms with Gasteiger partial charge in [0.1, 0.15) is 0 Å². The number of rotatable bonds is 11. The molecule has 0 aromatic carbocycles. The molecule has 0 saturated heterocycles. The largest absolute Gasteiger partial charge is 0.518 e. The zero-order chi connectivity index (χ0) is 20.5. The van der Waals surface area contributed by atoms with E-state index in [-0.39, 0.29) is 18.1 Å². The van der Waals surface area contributed by atoms with Gasteiger partial charge in [-0.3, -0.25) is 4.79 Å². The third kappa shape index (κ3) is 7.31. The number of hydrogen-bond donors (Lipinski definition) is 1. The Morgan fingerprint density at radius 3 is 1.88 bits per heavy atom. The first-order valence-corrected chi connectivity index (χ1v) is 11.4. The predicted octanol–water partition coefficient (Wildman–Crippen LogP) is 4.45. The lowest BCUT2D eigenvalue weighted by Gasteiger charge is -2.41. The van der Waals surface area contributed by atoms with E-state index in [9.17, 15) is 14.4 Å². The first-order valence-electron chi connectivity index (χ1n) is 9.25. The summed E-state index contributed by atoms with van der Waals surface area (Å²) < 4.78 is 11.0. The lowest BCUT2D eigenvalue weighted by Crippen LogP contribution is -2.49. The Hall–Kier alpha value is -1.63. The monoisotopic (exact) mass is 386 g/mol. The molecule has 7 heteroatoms. The minimum absolute atomic E-state index is 0.0403. The highest BCUT2D eigenvalue weighted by Crippen LogP contribution is 2.42. The normalized spacial score (nSPS) is 12.6. The Morgan fingerprint density at radius 2 is 1.46 bits per heavy atom. The number of hydrogen-bond acceptors (Lipinski definition) is 5. The molecule has 0 rings (SSSR count). The SMILES string of the molecule is C/C(=C/C(=O)O)C(=O)OCCCCC(=O)O[Si](C(C)C)(C(C)C)C(C)C. The van der Waals surface area contributed by atoms with Gasteiger partial charge in [-0.15, -0.1) is 0 Å². The van der Waals surface area contributed by atoms with E-state index in [1.165, 1.54) is 6.92 Å². The summed E-state index contributed by atoms with van der Waals surface area (Å²) in [5, 5.41) is 8.58. The molecule has 0 aliphatic rings. The van der Waals surface area contributed by atoms with Crippen molar-refractivity contribution in [3.8, 4) is 0 Å². The van der Waals surface area contributed by atoms with Crippen LogP contribution in [0.25, 0.3) is 0 Å². The van der Waals surface area contributed by atoms with Crippen molar-refractivity contribution in [2.45, 2.75) is 84.4 Å². The van der Waals surface area contributed by atoms with Crippen molar-refractivity contribution >= 4 is 26.2 Å². The number of carbonyl (C=O) groups is 3. The van der Waals surface area contributed by atoms with Crippen LogP contribution < -0.4 is 0 Å². The van der Waals surface area contributed by atoms with Crippen LogP contribution in [-0.2, 0) is 23.5 Å². The zero-order valence-corrected chi connectivity index (χ0v) is 18.1. The van der Waals surface area contributed by atoms with Gasteiger partial charge in [-0.25, -0.2) is 9.59 Å². The van der Waals surface area contributed by atoms with Crippen molar-refractivity contribution in [2.24, 2.45) is 0 Å². The summed E-state index contributed by atoms with van der Waals surface area (Å²) >= 11 is 0. The van der Waals surface area contributed by atoms with Gasteiger partial charge in [0, 0.05) is 18.1 Å². The van der Waals surface area contributed by atoms with Crippen LogP contribution in [0.4, 0.5) is 0 Å². The van der Waals surface area contributed by atoms with Gasteiger partial charge < -0.3 is 14.3 Å². The molecule has 0 aromatic rings. The zero-order valence-electron chi connectivity index (χ0n) is 17.1. The second-order valence-electron chi connectivity index (χ2n) is 7.55. The lowest BCUT2D eigenvalue weighted by atomic mass is 10.2. The molecule has 0 unspecified atom stereocenters. The molecule has 0 fully saturated rings. The first kappa shape index (κ1) is 24.4. The molecule has 0 amide bonds. The van der Waals surface area contributed by atoms with Gasteiger partial charge in [0.2, 0.25) is 0 Å². The van der Waals surface area contributed by atoms with Crippen molar-refractivity contribution in [1.29, 1.82) is 0 Å². The molecule has 0 atom stereocenters. The van der Waals surface area contributed by atoms with E-state index in [0.717, 1.165) is 6.08 Å². The van der Waals surface area contributed by atoms with E-state index in [1.54, 1.807) is 0 Å². The standard InChI is InChI=1S/C19H34O6Si/c1-13(2)26(14(3)4,15(5)6)25-18(22)10-8-9-11-24-19(23)16(7)12-17(20)21/h12-15H,8-11H2,1-7H3,(H,20,21)/b16-12-. The fraction of sp³-hybridized carbons (Fsp3) is 0.737. The maximum atomic E-state index is 12.3. The number of carboxylic acids is 1. The van der Waals surface area contributed by atoms with E-state index >= 15 is 0 Å². The molecular formula is C19H34O6Si. The van der Waals surface area contributed by atoms with E-state index in [0.29, 0.717) is 35.9 Å². The number of carbonyl (C=O) groups excluding carboxylic acids is 2. The van der Waals surface area contributed by atoms with Gasteiger partial charge in [-0.1, -0.05) is 41.5 Å². The third-order valence-corrected chi connectivity index (χ3v) is 10.7. The Bertz CT molecular complexity index is 500. The van der Waals surface area contributed by atoms with Gasteiger partial charge >= 0.3 is 11.9 Å². The average Bonchev–Trinajstić information content (AvgIpc) is 2.50. The highest BCUT2D eigenvalue weighted by molar-refractivity contribution is 6.78. The molecule has 0 heterocycles. The summed E-state index contributed by atoms with van der Waals surface area (Å²) in [6, 6.07) is 0. The molecule has 26 heavy (non-hydrogen) atoms. The Labute approximate surface area is 158 Å². The van der Waals surface area contributed by atoms with E-state index in [2.05, 4.69) is 41.5 Å². The van der Waals surface area contributed by atoms with Gasteiger partial charge in [-0.05, 0) is 36.4 Å². The van der Waals surface area contributed by atoms with Crippen LogP contribution in [-0.4, -0.2) is 37.9 Å². The maximum Gasteiger partial charge on any atom is 0.333 e. The van der Waals surface area contributed by atoms with E-state index < -0.39 is 20.3 Å². The van der Waals surface area contributed by atoms with Crippen LogP contribution in [0.15, 0.2) is 11.6 Å². The van der Waals surface area contributed by atoms with Crippen LogP contribution in [0.3, 0.4) is 0 Å². The highest BCUT2D eigenvalue weighted by Gasteiger charge is 2.47. The van der Waals surface area contributed by atoms with Crippen LogP contribution >= 0.6 is 0 Å². The van der Waals surface area contributed by atoms with Crippen LogP contribution in [0.5, 0.6) is 0 Å². The summed E-state index contributed by atoms with van der Waals surface area (Å²) in [5.74, 6) is -2.02. The van der Waals surface area contributed by atoms with Crippen molar-refractivity contribution in [1.82, 2.24) is 0 Å². The van der Waals surface area contributed by atoms with E-state index in [1.807, 2.05) is 0 Å². The highest BCUT2D eigenvalue weighted by atomic mass is 28.4. The quantitative estimate of drug-likeness (QED) is 0.244. The van der Waals surface area contributed by atoms with Crippen molar-refractivity contribution in [3.63, 3.8) is 0 Å². The van der Waals surface area contributed by atoms with Crippen molar-refractivity contribution < 1.29 is 28.7 Å². The van der Waals surface area contributed by atoms with Crippen molar-refractivity contribution in [3.05, 3.63) is 11.6 Å². The number of esters is 1. The molecule has 0 bridgehead atoms. The molecule has 1 N–H and O–H groups in total. The van der Waals surface area contributed by atoms with Crippen LogP contribution in [0.1, 0.15) is 67.7 Å². The summed E-state index contributed by atoms with van der Waals surface area (Å²) in [7, 11) is -2.21. The number of ether oxygens (including phenoxy) is 1. The molecule has 0 aliphatic heterocycles. The first-order chi connectivity index (χ1) is 11.9. The van der Waals surface area contributed by atoms with E-state index in [4.69, 9.17) is 14.3 Å². The maximum absolute atomic E-state index is 12.3. The molecule has 0 aromatic heterocycles. The number of carboxylic acid groups (broad SMARTS) is 1. The molecular weight excluding hydrogens is 352 g/mol. The van der Waals surface area contributed by atoms with Crippen LogP contribution in [0.2, 0.25) is 16.6 Å². The molecule has 0 saturated carbocycles. The third-order valence-electron chi connectivity index (χ3n) is 4.67.